The third-order valence-corrected chi connectivity index (χ3v) is 2.26. The van der Waals surface area contributed by atoms with E-state index in [-0.39, 0.29) is 11.7 Å². The first kappa shape index (κ1) is 11.8. The molecule has 92 valence electrons. The van der Waals surface area contributed by atoms with Gasteiger partial charge in [0.2, 0.25) is 0 Å². The largest absolute Gasteiger partial charge is 0.497 e. The van der Waals surface area contributed by atoms with Crippen molar-refractivity contribution in [3.05, 3.63) is 52.6 Å². The SMILES string of the molecule is COc1ccc(C(=O)Nc2cc[nH]c(=O)n2)cc1. The number of hydrogen-bond donors (Lipinski definition) is 2. The second kappa shape index (κ2) is 5.13. The first-order valence-corrected chi connectivity index (χ1v) is 5.20. The predicted molar refractivity (Wildman–Crippen MR) is 65.8 cm³/mol. The molecule has 0 spiro atoms. The van der Waals surface area contributed by atoms with E-state index in [4.69, 9.17) is 4.74 Å². The number of nitrogens with one attached hydrogen (secondary N) is 2. The zero-order chi connectivity index (χ0) is 13.0. The van der Waals surface area contributed by atoms with Gasteiger partial charge in [0.05, 0.1) is 7.11 Å². The second-order valence-corrected chi connectivity index (χ2v) is 3.46. The molecular formula is C12H11N3O3. The van der Waals surface area contributed by atoms with Crippen molar-refractivity contribution in [3.63, 3.8) is 0 Å². The predicted octanol–water partition coefficient (Wildman–Crippen LogP) is 1.03. The normalized spacial score (nSPS) is 9.83. The van der Waals surface area contributed by atoms with Gasteiger partial charge in [0.15, 0.2) is 0 Å². The number of methoxy groups -OCH3 is 1. The highest BCUT2D eigenvalue weighted by Gasteiger charge is 2.06. The highest BCUT2D eigenvalue weighted by molar-refractivity contribution is 6.03. The van der Waals surface area contributed by atoms with Gasteiger partial charge in [-0.05, 0) is 30.3 Å². The average molecular weight is 245 g/mol. The van der Waals surface area contributed by atoms with Crippen molar-refractivity contribution in [2.45, 2.75) is 0 Å². The molecular weight excluding hydrogens is 234 g/mol. The molecule has 0 aliphatic heterocycles. The van der Waals surface area contributed by atoms with Gasteiger partial charge in [-0.15, -0.1) is 0 Å². The molecule has 2 N–H and O–H groups in total. The van der Waals surface area contributed by atoms with E-state index in [1.807, 2.05) is 0 Å². The number of nitrogens with zero attached hydrogens (tertiary/aromatic N) is 1. The maximum absolute atomic E-state index is 11.8. The topological polar surface area (TPSA) is 84.1 Å². The Kier molecular flexibility index (Phi) is 3.38. The minimum atomic E-state index is -0.512. The number of anilines is 1. The molecule has 1 amide bonds. The van der Waals surface area contributed by atoms with E-state index in [1.165, 1.54) is 12.3 Å². The third kappa shape index (κ3) is 2.73. The summed E-state index contributed by atoms with van der Waals surface area (Å²) in [5.41, 5.74) is -0.0552. The molecule has 1 aromatic carbocycles. The molecule has 0 aliphatic carbocycles. The quantitative estimate of drug-likeness (QED) is 0.845. The van der Waals surface area contributed by atoms with Crippen LogP contribution in [0.1, 0.15) is 10.4 Å². The first-order chi connectivity index (χ1) is 8.69. The number of aromatic amines is 1. The summed E-state index contributed by atoms with van der Waals surface area (Å²) in [7, 11) is 1.55. The molecule has 0 saturated carbocycles. The minimum absolute atomic E-state index is 0.208. The molecule has 0 saturated heterocycles. The number of amides is 1. The molecule has 0 fully saturated rings. The van der Waals surface area contributed by atoms with Crippen molar-refractivity contribution in [1.29, 1.82) is 0 Å². The molecule has 0 unspecified atom stereocenters. The van der Waals surface area contributed by atoms with Gasteiger partial charge in [-0.1, -0.05) is 0 Å². The standard InChI is InChI=1S/C12H11N3O3/c1-18-9-4-2-8(3-5-9)11(16)14-10-6-7-13-12(17)15-10/h2-7H,1H3,(H2,13,14,15,16,17). The number of carbonyl (C=O) groups excluding carboxylic acids is 1. The van der Waals surface area contributed by atoms with Gasteiger partial charge in [0.25, 0.3) is 5.91 Å². The molecule has 1 heterocycles. The Morgan fingerprint density at radius 3 is 2.61 bits per heavy atom. The summed E-state index contributed by atoms with van der Waals surface area (Å²) in [6.07, 6.45) is 1.42. The Balaban J connectivity index is 2.14. The van der Waals surface area contributed by atoms with Crippen molar-refractivity contribution in [2.75, 3.05) is 12.4 Å². The van der Waals surface area contributed by atoms with Crippen LogP contribution >= 0.6 is 0 Å². The molecule has 2 aromatic rings. The van der Waals surface area contributed by atoms with Crippen LogP contribution in [0.5, 0.6) is 5.75 Å². The Hall–Kier alpha value is -2.63. The molecule has 1 aromatic heterocycles. The van der Waals surface area contributed by atoms with Gasteiger partial charge in [-0.2, -0.15) is 4.98 Å². The average Bonchev–Trinajstić information content (AvgIpc) is 2.39. The maximum Gasteiger partial charge on any atom is 0.346 e. The summed E-state index contributed by atoms with van der Waals surface area (Å²) in [4.78, 5) is 28.7. The molecule has 0 radical (unpaired) electrons. The van der Waals surface area contributed by atoms with E-state index in [0.29, 0.717) is 11.3 Å². The maximum atomic E-state index is 11.8. The molecule has 0 aliphatic rings. The van der Waals surface area contributed by atoms with E-state index in [0.717, 1.165) is 0 Å². The van der Waals surface area contributed by atoms with E-state index in [9.17, 15) is 9.59 Å². The molecule has 0 bridgehead atoms. The second-order valence-electron chi connectivity index (χ2n) is 3.46. The molecule has 2 rings (SSSR count). The summed E-state index contributed by atoms with van der Waals surface area (Å²) in [5, 5.41) is 2.53. The summed E-state index contributed by atoms with van der Waals surface area (Å²) in [5.74, 6) is 0.538. The lowest BCUT2D eigenvalue weighted by Gasteiger charge is -2.04. The number of aromatic nitrogens is 2. The fourth-order valence-corrected chi connectivity index (χ4v) is 1.37. The van der Waals surface area contributed by atoms with Crippen molar-refractivity contribution in [3.8, 4) is 5.75 Å². The third-order valence-electron chi connectivity index (χ3n) is 2.26. The lowest BCUT2D eigenvalue weighted by Crippen LogP contribution is -2.17. The van der Waals surface area contributed by atoms with Gasteiger partial charge in [-0.3, -0.25) is 4.79 Å². The monoisotopic (exact) mass is 245 g/mol. The molecule has 18 heavy (non-hydrogen) atoms. The Bertz CT molecular complexity index is 604. The number of hydrogen-bond acceptors (Lipinski definition) is 4. The number of rotatable bonds is 3. The van der Waals surface area contributed by atoms with Crippen LogP contribution in [-0.2, 0) is 0 Å². The van der Waals surface area contributed by atoms with Crippen molar-refractivity contribution in [1.82, 2.24) is 9.97 Å². The van der Waals surface area contributed by atoms with Gasteiger partial charge in [0, 0.05) is 11.8 Å². The van der Waals surface area contributed by atoms with Gasteiger partial charge < -0.3 is 15.0 Å². The highest BCUT2D eigenvalue weighted by atomic mass is 16.5. The fourth-order valence-electron chi connectivity index (χ4n) is 1.37. The lowest BCUT2D eigenvalue weighted by molar-refractivity contribution is 0.102. The van der Waals surface area contributed by atoms with Crippen LogP contribution in [0.4, 0.5) is 5.82 Å². The fraction of sp³-hybridized carbons (Fsp3) is 0.0833. The van der Waals surface area contributed by atoms with Crippen molar-refractivity contribution >= 4 is 11.7 Å². The van der Waals surface area contributed by atoms with E-state index < -0.39 is 5.69 Å². The summed E-state index contributed by atoms with van der Waals surface area (Å²) >= 11 is 0. The van der Waals surface area contributed by atoms with Crippen LogP contribution in [0.2, 0.25) is 0 Å². The van der Waals surface area contributed by atoms with Gasteiger partial charge >= 0.3 is 5.69 Å². The zero-order valence-electron chi connectivity index (χ0n) is 9.64. The first-order valence-electron chi connectivity index (χ1n) is 5.20. The number of ether oxygens (including phenoxy) is 1. The summed E-state index contributed by atoms with van der Waals surface area (Å²) < 4.78 is 4.99. The van der Waals surface area contributed by atoms with Crippen LogP contribution in [0.25, 0.3) is 0 Å². The Morgan fingerprint density at radius 2 is 2.00 bits per heavy atom. The van der Waals surface area contributed by atoms with Gasteiger partial charge in [-0.25, -0.2) is 4.79 Å². The number of carbonyl (C=O) groups is 1. The number of benzene rings is 1. The van der Waals surface area contributed by atoms with Crippen LogP contribution in [0.3, 0.4) is 0 Å². The van der Waals surface area contributed by atoms with Crippen molar-refractivity contribution in [2.24, 2.45) is 0 Å². The summed E-state index contributed by atoms with van der Waals surface area (Å²) in [6, 6.07) is 8.12. The number of H-pyrrole nitrogens is 1. The smallest absolute Gasteiger partial charge is 0.346 e. The molecule has 6 nitrogen and oxygen atoms in total. The minimum Gasteiger partial charge on any atom is -0.497 e. The van der Waals surface area contributed by atoms with Crippen LogP contribution < -0.4 is 15.7 Å². The van der Waals surface area contributed by atoms with Crippen molar-refractivity contribution < 1.29 is 9.53 Å². The van der Waals surface area contributed by atoms with Crippen LogP contribution in [-0.4, -0.2) is 23.0 Å². The zero-order valence-corrected chi connectivity index (χ0v) is 9.64. The van der Waals surface area contributed by atoms with E-state index >= 15 is 0 Å². The molecule has 6 heteroatoms. The van der Waals surface area contributed by atoms with E-state index in [2.05, 4.69) is 15.3 Å². The van der Waals surface area contributed by atoms with E-state index in [1.54, 1.807) is 31.4 Å². The molecule has 0 atom stereocenters. The summed E-state index contributed by atoms with van der Waals surface area (Å²) in [6.45, 7) is 0. The Labute approximate surface area is 103 Å². The highest BCUT2D eigenvalue weighted by Crippen LogP contribution is 2.12. The Morgan fingerprint density at radius 1 is 1.28 bits per heavy atom. The van der Waals surface area contributed by atoms with Gasteiger partial charge in [0.1, 0.15) is 11.6 Å². The van der Waals surface area contributed by atoms with Crippen LogP contribution in [0, 0.1) is 0 Å². The lowest BCUT2D eigenvalue weighted by atomic mass is 10.2. The van der Waals surface area contributed by atoms with Crippen LogP contribution in [0.15, 0.2) is 41.3 Å².